The summed E-state index contributed by atoms with van der Waals surface area (Å²) in [7, 11) is 1.51. The molecule has 3 rings (SSSR count). The molecule has 0 unspecified atom stereocenters. The van der Waals surface area contributed by atoms with Crippen LogP contribution in [0.3, 0.4) is 0 Å². The lowest BCUT2D eigenvalue weighted by atomic mass is 10.1. The minimum absolute atomic E-state index is 0.255. The Kier molecular flexibility index (Phi) is 5.84. The van der Waals surface area contributed by atoms with Crippen LogP contribution in [0.5, 0.6) is 5.75 Å². The van der Waals surface area contributed by atoms with E-state index < -0.39 is 0 Å². The molecule has 0 aliphatic rings. The van der Waals surface area contributed by atoms with Crippen molar-refractivity contribution in [1.29, 1.82) is 0 Å². The highest BCUT2D eigenvalue weighted by Crippen LogP contribution is 2.21. The van der Waals surface area contributed by atoms with Crippen LogP contribution in [0.4, 0.5) is 5.69 Å². The van der Waals surface area contributed by atoms with Crippen LogP contribution in [0.2, 0.25) is 0 Å². The van der Waals surface area contributed by atoms with Crippen molar-refractivity contribution in [3.8, 4) is 5.75 Å². The maximum Gasteiger partial charge on any atom is 0.259 e. The Labute approximate surface area is 158 Å². The van der Waals surface area contributed by atoms with Gasteiger partial charge in [-0.25, -0.2) is 0 Å². The molecule has 0 bridgehead atoms. The van der Waals surface area contributed by atoms with Crippen LogP contribution >= 0.6 is 0 Å². The lowest BCUT2D eigenvalue weighted by Gasteiger charge is -2.13. The molecule has 0 radical (unpaired) electrons. The highest BCUT2D eigenvalue weighted by molar-refractivity contribution is 6.10. The van der Waals surface area contributed by atoms with E-state index in [9.17, 15) is 9.59 Å². The number of hydrogen-bond donors (Lipinski definition) is 2. The Morgan fingerprint density at radius 2 is 1.41 bits per heavy atom. The standard InChI is InChI=1S/C22H20N2O3/c1-27-20-14-8-6-12-18(20)22(26)24-19-13-7-5-11-17(19)21(25)23-15-16-9-3-2-4-10-16/h2-14H,15H2,1H3,(H,23,25)(H,24,26). The number of nitrogens with one attached hydrogen (secondary N) is 2. The average Bonchev–Trinajstić information content (AvgIpc) is 2.73. The molecule has 5 heteroatoms. The first-order valence-corrected chi connectivity index (χ1v) is 8.54. The van der Waals surface area contributed by atoms with E-state index in [4.69, 9.17) is 4.74 Å². The van der Waals surface area contributed by atoms with Crippen molar-refractivity contribution in [2.45, 2.75) is 6.54 Å². The summed E-state index contributed by atoms with van der Waals surface area (Å²) in [5.74, 6) is -0.119. The van der Waals surface area contributed by atoms with Crippen LogP contribution in [0, 0.1) is 0 Å². The van der Waals surface area contributed by atoms with Crippen molar-refractivity contribution in [1.82, 2.24) is 5.32 Å². The molecule has 2 N–H and O–H groups in total. The van der Waals surface area contributed by atoms with Gasteiger partial charge < -0.3 is 15.4 Å². The lowest BCUT2D eigenvalue weighted by molar-refractivity contribution is 0.0952. The summed E-state index contributed by atoms with van der Waals surface area (Å²) < 4.78 is 5.23. The van der Waals surface area contributed by atoms with E-state index in [1.165, 1.54) is 7.11 Å². The fourth-order valence-corrected chi connectivity index (χ4v) is 2.69. The Morgan fingerprint density at radius 1 is 0.778 bits per heavy atom. The molecule has 0 spiro atoms. The first kappa shape index (κ1) is 18.2. The summed E-state index contributed by atoms with van der Waals surface area (Å²) in [6.07, 6.45) is 0. The second kappa shape index (κ2) is 8.67. The van der Waals surface area contributed by atoms with Gasteiger partial charge in [-0.3, -0.25) is 9.59 Å². The van der Waals surface area contributed by atoms with Crippen molar-refractivity contribution in [2.75, 3.05) is 12.4 Å². The van der Waals surface area contributed by atoms with Gasteiger partial charge in [0.1, 0.15) is 5.75 Å². The molecule has 0 aliphatic carbocycles. The molecule has 0 atom stereocenters. The fraction of sp³-hybridized carbons (Fsp3) is 0.0909. The van der Waals surface area contributed by atoms with Gasteiger partial charge in [0.05, 0.1) is 23.9 Å². The van der Waals surface area contributed by atoms with Gasteiger partial charge >= 0.3 is 0 Å². The first-order chi connectivity index (χ1) is 13.2. The predicted octanol–water partition coefficient (Wildman–Crippen LogP) is 3.88. The average molecular weight is 360 g/mol. The third-order valence-electron chi connectivity index (χ3n) is 4.07. The molecule has 0 saturated heterocycles. The summed E-state index contributed by atoms with van der Waals surface area (Å²) in [5, 5.41) is 5.68. The van der Waals surface area contributed by atoms with Gasteiger partial charge in [0.25, 0.3) is 11.8 Å². The minimum atomic E-state index is -0.337. The molecule has 0 fully saturated rings. The van der Waals surface area contributed by atoms with Crippen LogP contribution in [-0.2, 0) is 6.54 Å². The van der Waals surface area contributed by atoms with Gasteiger partial charge in [-0.2, -0.15) is 0 Å². The Morgan fingerprint density at radius 3 is 2.15 bits per heavy atom. The van der Waals surface area contributed by atoms with Gasteiger partial charge in [0.2, 0.25) is 0 Å². The molecular formula is C22H20N2O3. The zero-order valence-corrected chi connectivity index (χ0v) is 14.9. The fourth-order valence-electron chi connectivity index (χ4n) is 2.69. The number of amides is 2. The van der Waals surface area contributed by atoms with Gasteiger partial charge in [0.15, 0.2) is 0 Å². The second-order valence-corrected chi connectivity index (χ2v) is 5.87. The third-order valence-corrected chi connectivity index (χ3v) is 4.07. The van der Waals surface area contributed by atoms with Crippen LogP contribution in [-0.4, -0.2) is 18.9 Å². The molecule has 0 aliphatic heterocycles. The molecular weight excluding hydrogens is 340 g/mol. The summed E-state index contributed by atoms with van der Waals surface area (Å²) in [4.78, 5) is 25.2. The predicted molar refractivity (Wildman–Crippen MR) is 105 cm³/mol. The SMILES string of the molecule is COc1ccccc1C(=O)Nc1ccccc1C(=O)NCc1ccccc1. The highest BCUT2D eigenvalue weighted by Gasteiger charge is 2.16. The van der Waals surface area contributed by atoms with E-state index in [1.807, 2.05) is 30.3 Å². The van der Waals surface area contributed by atoms with Crippen LogP contribution in [0.15, 0.2) is 78.9 Å². The number of para-hydroxylation sites is 2. The van der Waals surface area contributed by atoms with Crippen molar-refractivity contribution < 1.29 is 14.3 Å². The molecule has 136 valence electrons. The van der Waals surface area contributed by atoms with Crippen molar-refractivity contribution in [2.24, 2.45) is 0 Å². The van der Waals surface area contributed by atoms with Gasteiger partial charge in [-0.15, -0.1) is 0 Å². The third kappa shape index (κ3) is 4.52. The number of carbonyl (C=O) groups excluding carboxylic acids is 2. The number of rotatable bonds is 6. The van der Waals surface area contributed by atoms with E-state index in [1.54, 1.807) is 48.5 Å². The maximum atomic E-state index is 12.6. The number of hydrogen-bond acceptors (Lipinski definition) is 3. The van der Waals surface area contributed by atoms with E-state index >= 15 is 0 Å². The summed E-state index contributed by atoms with van der Waals surface area (Å²) in [5.41, 5.74) is 2.25. The quantitative estimate of drug-likeness (QED) is 0.701. The minimum Gasteiger partial charge on any atom is -0.496 e. The van der Waals surface area contributed by atoms with E-state index in [-0.39, 0.29) is 11.8 Å². The zero-order valence-electron chi connectivity index (χ0n) is 14.9. The van der Waals surface area contributed by atoms with Crippen molar-refractivity contribution >= 4 is 17.5 Å². The maximum absolute atomic E-state index is 12.6. The Bertz CT molecular complexity index is 939. The monoisotopic (exact) mass is 360 g/mol. The number of ether oxygens (including phenoxy) is 1. The largest absolute Gasteiger partial charge is 0.496 e. The molecule has 0 aromatic heterocycles. The van der Waals surface area contributed by atoms with E-state index in [0.29, 0.717) is 29.1 Å². The lowest BCUT2D eigenvalue weighted by Crippen LogP contribution is -2.25. The summed E-state index contributed by atoms with van der Waals surface area (Å²) in [6.45, 7) is 0.411. The number of benzene rings is 3. The topological polar surface area (TPSA) is 67.4 Å². The smallest absolute Gasteiger partial charge is 0.259 e. The van der Waals surface area contributed by atoms with Gasteiger partial charge in [0, 0.05) is 6.54 Å². The molecule has 2 amide bonds. The molecule has 3 aromatic rings. The summed E-state index contributed by atoms with van der Waals surface area (Å²) in [6, 6.07) is 23.5. The highest BCUT2D eigenvalue weighted by atomic mass is 16.5. The number of anilines is 1. The Hall–Kier alpha value is -3.60. The molecule has 0 heterocycles. The molecule has 5 nitrogen and oxygen atoms in total. The summed E-state index contributed by atoms with van der Waals surface area (Å²) >= 11 is 0. The van der Waals surface area contributed by atoms with E-state index in [2.05, 4.69) is 10.6 Å². The normalized spacial score (nSPS) is 10.1. The van der Waals surface area contributed by atoms with E-state index in [0.717, 1.165) is 5.56 Å². The molecule has 0 saturated carbocycles. The van der Waals surface area contributed by atoms with Crippen molar-refractivity contribution in [3.63, 3.8) is 0 Å². The van der Waals surface area contributed by atoms with Gasteiger partial charge in [-0.1, -0.05) is 54.6 Å². The second-order valence-electron chi connectivity index (χ2n) is 5.87. The number of methoxy groups -OCH3 is 1. The van der Waals surface area contributed by atoms with Crippen molar-refractivity contribution in [3.05, 3.63) is 95.6 Å². The molecule has 3 aromatic carbocycles. The Balaban J connectivity index is 1.75. The van der Waals surface area contributed by atoms with Crippen LogP contribution < -0.4 is 15.4 Å². The number of carbonyl (C=O) groups is 2. The zero-order chi connectivity index (χ0) is 19.1. The van der Waals surface area contributed by atoms with Gasteiger partial charge in [-0.05, 0) is 29.8 Å². The van der Waals surface area contributed by atoms with Crippen LogP contribution in [0.1, 0.15) is 26.3 Å². The van der Waals surface area contributed by atoms with Crippen LogP contribution in [0.25, 0.3) is 0 Å². The first-order valence-electron chi connectivity index (χ1n) is 8.54. The molecule has 27 heavy (non-hydrogen) atoms.